The molecule has 0 unspecified atom stereocenters. The molecule has 0 bridgehead atoms. The summed E-state index contributed by atoms with van der Waals surface area (Å²) in [6.07, 6.45) is 3.19. The number of rotatable bonds is 3. The van der Waals surface area contributed by atoms with E-state index in [-0.39, 0.29) is 18.0 Å². The normalized spacial score (nSPS) is 26.9. The molecule has 0 N–H and O–H groups in total. The summed E-state index contributed by atoms with van der Waals surface area (Å²) in [5.74, 6) is 0.117. The third kappa shape index (κ3) is 2.49. The minimum Gasteiger partial charge on any atom is -0.338 e. The monoisotopic (exact) mass is 314 g/mol. The summed E-state index contributed by atoms with van der Waals surface area (Å²) in [6, 6.07) is 2.01. The average Bonchev–Trinajstić information content (AvgIpc) is 3.02. The van der Waals surface area contributed by atoms with Gasteiger partial charge in [-0.3, -0.25) is 4.79 Å². The highest BCUT2D eigenvalue weighted by Gasteiger charge is 2.47. The summed E-state index contributed by atoms with van der Waals surface area (Å²) in [6.45, 7) is 1.21. The highest BCUT2D eigenvalue weighted by molar-refractivity contribution is 7.88. The summed E-state index contributed by atoms with van der Waals surface area (Å²) in [4.78, 5) is 14.3. The Morgan fingerprint density at radius 3 is 2.75 bits per heavy atom. The molecule has 20 heavy (non-hydrogen) atoms. The van der Waals surface area contributed by atoms with Crippen molar-refractivity contribution in [3.8, 4) is 0 Å². The minimum atomic E-state index is -3.16. The van der Waals surface area contributed by atoms with Crippen LogP contribution in [-0.4, -0.2) is 55.0 Å². The maximum absolute atomic E-state index is 12.4. The molecule has 3 heterocycles. The zero-order valence-electron chi connectivity index (χ0n) is 11.4. The van der Waals surface area contributed by atoms with E-state index in [1.807, 2.05) is 21.7 Å². The lowest BCUT2D eigenvalue weighted by Crippen LogP contribution is -2.41. The average molecular weight is 314 g/mol. The second kappa shape index (κ2) is 5.13. The summed E-state index contributed by atoms with van der Waals surface area (Å²) in [5.41, 5.74) is 1.04. The number of carbonyl (C=O) groups is 1. The van der Waals surface area contributed by atoms with Gasteiger partial charge in [-0.15, -0.1) is 0 Å². The van der Waals surface area contributed by atoms with Gasteiger partial charge in [0.2, 0.25) is 15.9 Å². The number of nitrogens with zero attached hydrogens (tertiary/aromatic N) is 2. The van der Waals surface area contributed by atoms with Crippen molar-refractivity contribution in [2.45, 2.75) is 31.3 Å². The Balaban J connectivity index is 1.71. The number of likely N-dealkylation sites (tertiary alicyclic amines) is 1. The molecule has 2 aliphatic rings. The summed E-state index contributed by atoms with van der Waals surface area (Å²) in [7, 11) is -3.16. The second-order valence-corrected chi connectivity index (χ2v) is 8.20. The first kappa shape index (κ1) is 14.0. The predicted molar refractivity (Wildman–Crippen MR) is 78.1 cm³/mol. The smallest absolute Gasteiger partial charge is 0.227 e. The molecule has 2 saturated heterocycles. The van der Waals surface area contributed by atoms with E-state index >= 15 is 0 Å². The van der Waals surface area contributed by atoms with E-state index in [4.69, 9.17) is 0 Å². The van der Waals surface area contributed by atoms with Crippen molar-refractivity contribution in [1.29, 1.82) is 0 Å². The third-order valence-electron chi connectivity index (χ3n) is 4.21. The topological polar surface area (TPSA) is 57.7 Å². The molecule has 2 aliphatic heterocycles. The molecule has 2 fully saturated rings. The van der Waals surface area contributed by atoms with E-state index in [1.165, 1.54) is 6.26 Å². The SMILES string of the molecule is CS(=O)(=O)N1CC[C@@H]2[C@H]1CCN2C(=O)Cc1ccsc1. The molecule has 5 nitrogen and oxygen atoms in total. The van der Waals surface area contributed by atoms with Crippen LogP contribution in [0.4, 0.5) is 0 Å². The van der Waals surface area contributed by atoms with Crippen molar-refractivity contribution >= 4 is 27.3 Å². The van der Waals surface area contributed by atoms with E-state index < -0.39 is 10.0 Å². The van der Waals surface area contributed by atoms with Crippen LogP contribution in [0.5, 0.6) is 0 Å². The van der Waals surface area contributed by atoms with Gasteiger partial charge >= 0.3 is 0 Å². The number of fused-ring (bicyclic) bond motifs is 1. The Labute approximate surface area is 123 Å². The maximum Gasteiger partial charge on any atom is 0.227 e. The minimum absolute atomic E-state index is 0.0172. The van der Waals surface area contributed by atoms with Gasteiger partial charge in [0.1, 0.15) is 0 Å². The Morgan fingerprint density at radius 2 is 2.10 bits per heavy atom. The molecule has 1 aromatic heterocycles. The van der Waals surface area contributed by atoms with Crippen molar-refractivity contribution in [3.63, 3.8) is 0 Å². The van der Waals surface area contributed by atoms with Crippen LogP contribution < -0.4 is 0 Å². The molecule has 0 radical (unpaired) electrons. The van der Waals surface area contributed by atoms with Gasteiger partial charge in [-0.05, 0) is 35.2 Å². The van der Waals surface area contributed by atoms with Crippen LogP contribution in [0.15, 0.2) is 16.8 Å². The number of hydrogen-bond donors (Lipinski definition) is 0. The first-order chi connectivity index (χ1) is 9.47. The maximum atomic E-state index is 12.4. The zero-order valence-corrected chi connectivity index (χ0v) is 13.0. The van der Waals surface area contributed by atoms with Crippen LogP contribution in [0.3, 0.4) is 0 Å². The van der Waals surface area contributed by atoms with Gasteiger partial charge in [-0.2, -0.15) is 15.6 Å². The van der Waals surface area contributed by atoms with Crippen LogP contribution in [0.2, 0.25) is 0 Å². The number of carbonyl (C=O) groups excluding carboxylic acids is 1. The van der Waals surface area contributed by atoms with E-state index in [0.29, 0.717) is 19.5 Å². The Morgan fingerprint density at radius 1 is 1.35 bits per heavy atom. The molecule has 7 heteroatoms. The predicted octanol–water partition coefficient (Wildman–Crippen LogP) is 0.925. The fraction of sp³-hybridized carbons (Fsp3) is 0.615. The van der Waals surface area contributed by atoms with Crippen molar-refractivity contribution in [3.05, 3.63) is 22.4 Å². The van der Waals surface area contributed by atoms with Crippen molar-refractivity contribution in [1.82, 2.24) is 9.21 Å². The first-order valence-electron chi connectivity index (χ1n) is 6.74. The van der Waals surface area contributed by atoms with E-state index in [9.17, 15) is 13.2 Å². The Bertz CT molecular complexity index is 597. The zero-order chi connectivity index (χ0) is 14.3. The van der Waals surface area contributed by atoms with Gasteiger partial charge < -0.3 is 4.90 Å². The summed E-state index contributed by atoms with van der Waals surface area (Å²) < 4.78 is 25.0. The number of sulfonamides is 1. The lowest BCUT2D eigenvalue weighted by atomic mass is 10.1. The van der Waals surface area contributed by atoms with Crippen molar-refractivity contribution < 1.29 is 13.2 Å². The molecule has 0 spiro atoms. The summed E-state index contributed by atoms with van der Waals surface area (Å²) >= 11 is 1.59. The van der Waals surface area contributed by atoms with Crippen molar-refractivity contribution in [2.24, 2.45) is 0 Å². The molecule has 0 saturated carbocycles. The molecular formula is C13H18N2O3S2. The van der Waals surface area contributed by atoms with E-state index in [2.05, 4.69) is 0 Å². The molecule has 0 aromatic carbocycles. The molecule has 3 rings (SSSR count). The Kier molecular flexibility index (Phi) is 3.60. The van der Waals surface area contributed by atoms with Gasteiger partial charge in [-0.25, -0.2) is 8.42 Å². The number of hydrogen-bond acceptors (Lipinski definition) is 4. The van der Waals surface area contributed by atoms with Gasteiger partial charge in [0, 0.05) is 25.2 Å². The van der Waals surface area contributed by atoms with Crippen LogP contribution >= 0.6 is 11.3 Å². The fourth-order valence-electron chi connectivity index (χ4n) is 3.34. The number of amides is 1. The van der Waals surface area contributed by atoms with Crippen LogP contribution in [-0.2, 0) is 21.2 Å². The fourth-order valence-corrected chi connectivity index (χ4v) is 5.18. The Hall–Kier alpha value is -0.920. The van der Waals surface area contributed by atoms with Gasteiger partial charge in [-0.1, -0.05) is 0 Å². The van der Waals surface area contributed by atoms with Gasteiger partial charge in [0.05, 0.1) is 12.7 Å². The molecule has 2 atom stereocenters. The molecule has 0 aliphatic carbocycles. The lowest BCUT2D eigenvalue weighted by molar-refractivity contribution is -0.131. The van der Waals surface area contributed by atoms with Gasteiger partial charge in [0.25, 0.3) is 0 Å². The van der Waals surface area contributed by atoms with Crippen LogP contribution in [0.25, 0.3) is 0 Å². The van der Waals surface area contributed by atoms with Crippen molar-refractivity contribution in [2.75, 3.05) is 19.3 Å². The first-order valence-corrected chi connectivity index (χ1v) is 9.53. The van der Waals surface area contributed by atoms with E-state index in [0.717, 1.165) is 18.4 Å². The third-order valence-corrected chi connectivity index (χ3v) is 6.24. The standard InChI is InChI=1S/C13H18N2O3S2/c1-20(17,18)15-6-3-11-12(15)2-5-14(11)13(16)8-10-4-7-19-9-10/h4,7,9,11-12H,2-3,5-6,8H2,1H3/t11-,12-/m1/s1. The lowest BCUT2D eigenvalue weighted by Gasteiger charge is -2.24. The molecule has 110 valence electrons. The van der Waals surface area contributed by atoms with Crippen LogP contribution in [0, 0.1) is 0 Å². The second-order valence-electron chi connectivity index (χ2n) is 5.48. The molecule has 1 aromatic rings. The molecular weight excluding hydrogens is 296 g/mol. The van der Waals surface area contributed by atoms with E-state index in [1.54, 1.807) is 15.6 Å². The number of thiophene rings is 1. The quantitative estimate of drug-likeness (QED) is 0.834. The molecule has 1 amide bonds. The van der Waals surface area contributed by atoms with Gasteiger partial charge in [0.15, 0.2) is 0 Å². The highest BCUT2D eigenvalue weighted by Crippen LogP contribution is 2.33. The summed E-state index contributed by atoms with van der Waals surface area (Å²) in [5, 5.41) is 3.96. The highest BCUT2D eigenvalue weighted by atomic mass is 32.2. The largest absolute Gasteiger partial charge is 0.338 e. The van der Waals surface area contributed by atoms with Crippen LogP contribution in [0.1, 0.15) is 18.4 Å².